The first-order valence-electron chi connectivity index (χ1n) is 7.71. The van der Waals surface area contributed by atoms with E-state index in [1.54, 1.807) is 0 Å². The highest BCUT2D eigenvalue weighted by Gasteiger charge is 2.41. The van der Waals surface area contributed by atoms with E-state index in [1.165, 1.54) is 16.2 Å². The summed E-state index contributed by atoms with van der Waals surface area (Å²) in [6, 6.07) is -0.401. The molecule has 6 nitrogen and oxygen atoms in total. The number of thioether (sulfide) groups is 1. The average Bonchev–Trinajstić information content (AvgIpc) is 3.02. The summed E-state index contributed by atoms with van der Waals surface area (Å²) in [7, 11) is 0. The van der Waals surface area contributed by atoms with E-state index >= 15 is 0 Å². The van der Waals surface area contributed by atoms with Crippen LogP contribution in [0.25, 0.3) is 0 Å². The fourth-order valence-electron chi connectivity index (χ4n) is 3.25. The van der Waals surface area contributed by atoms with Crippen LogP contribution in [-0.4, -0.2) is 44.8 Å². The van der Waals surface area contributed by atoms with Crippen LogP contribution in [0.4, 0.5) is 4.79 Å². The molecule has 0 bridgehead atoms. The minimum Gasteiger partial charge on any atom is -0.346 e. The zero-order valence-electron chi connectivity index (χ0n) is 13.1. The molecule has 3 amide bonds. The van der Waals surface area contributed by atoms with Crippen LogP contribution in [0.1, 0.15) is 46.1 Å². The third-order valence-electron chi connectivity index (χ3n) is 4.27. The lowest BCUT2D eigenvalue weighted by Crippen LogP contribution is -2.54. The highest BCUT2D eigenvalue weighted by atomic mass is 32.2. The number of rotatable bonds is 3. The number of aromatic nitrogens is 1. The normalized spacial score (nSPS) is 25.0. The monoisotopic (exact) mass is 353 g/mol. The first-order valence-corrected chi connectivity index (χ1v) is 9.51. The van der Waals surface area contributed by atoms with Gasteiger partial charge in [-0.1, -0.05) is 24.6 Å². The second-order valence-corrected chi connectivity index (χ2v) is 8.03. The summed E-state index contributed by atoms with van der Waals surface area (Å²) >= 11 is 2.42. The Morgan fingerprint density at radius 3 is 2.61 bits per heavy atom. The van der Waals surface area contributed by atoms with Gasteiger partial charge in [0.15, 0.2) is 0 Å². The van der Waals surface area contributed by atoms with E-state index in [1.807, 2.05) is 13.8 Å². The average molecular weight is 353 g/mol. The van der Waals surface area contributed by atoms with Crippen LogP contribution in [0.15, 0.2) is 0 Å². The number of carbonyl (C=O) groups is 3. The maximum absolute atomic E-state index is 12.5. The van der Waals surface area contributed by atoms with E-state index in [-0.39, 0.29) is 34.9 Å². The first-order chi connectivity index (χ1) is 11.0. The van der Waals surface area contributed by atoms with Crippen LogP contribution in [-0.2, 0) is 4.79 Å². The highest BCUT2D eigenvalue weighted by molar-refractivity contribution is 8.14. The Labute approximate surface area is 143 Å². The number of hydrogen-bond acceptors (Lipinski definition) is 6. The van der Waals surface area contributed by atoms with Crippen molar-refractivity contribution in [3.05, 3.63) is 15.6 Å². The summed E-state index contributed by atoms with van der Waals surface area (Å²) in [5, 5.41) is 3.70. The Bertz CT molecular complexity index is 642. The van der Waals surface area contributed by atoms with Gasteiger partial charge in [-0.3, -0.25) is 19.3 Å². The Kier molecular flexibility index (Phi) is 4.72. The Morgan fingerprint density at radius 1 is 1.26 bits per heavy atom. The first kappa shape index (κ1) is 16.4. The number of aryl methyl sites for hydroxylation is 2. The number of hydrogen-bond donors (Lipinski definition) is 1. The maximum atomic E-state index is 12.5. The summed E-state index contributed by atoms with van der Waals surface area (Å²) in [4.78, 5) is 42.8. The van der Waals surface area contributed by atoms with Crippen molar-refractivity contribution in [1.29, 1.82) is 0 Å². The molecule has 1 aliphatic heterocycles. The van der Waals surface area contributed by atoms with Crippen molar-refractivity contribution in [1.82, 2.24) is 15.2 Å². The van der Waals surface area contributed by atoms with E-state index in [0.717, 1.165) is 48.1 Å². The summed E-state index contributed by atoms with van der Waals surface area (Å²) in [5.41, 5.74) is 0.723. The molecular formula is C15H19N3O3S2. The lowest BCUT2D eigenvalue weighted by Gasteiger charge is -2.36. The van der Waals surface area contributed by atoms with Crippen molar-refractivity contribution in [2.24, 2.45) is 0 Å². The topological polar surface area (TPSA) is 79.4 Å². The van der Waals surface area contributed by atoms with Crippen LogP contribution in [0.2, 0.25) is 0 Å². The predicted octanol–water partition coefficient (Wildman–Crippen LogP) is 2.50. The lowest BCUT2D eigenvalue weighted by molar-refractivity contribution is -0.127. The molecule has 2 aliphatic rings. The van der Waals surface area contributed by atoms with Gasteiger partial charge in [0.1, 0.15) is 4.88 Å². The van der Waals surface area contributed by atoms with Gasteiger partial charge in [0.05, 0.1) is 28.5 Å². The zero-order valence-corrected chi connectivity index (χ0v) is 14.8. The number of thiazole rings is 1. The van der Waals surface area contributed by atoms with E-state index < -0.39 is 0 Å². The number of nitrogens with one attached hydrogen (secondary N) is 1. The number of nitrogens with zero attached hydrogens (tertiary/aromatic N) is 2. The predicted molar refractivity (Wildman–Crippen MR) is 89.8 cm³/mol. The minimum atomic E-state index is -0.225. The van der Waals surface area contributed by atoms with Crippen molar-refractivity contribution in [3.63, 3.8) is 0 Å². The molecule has 1 saturated carbocycles. The molecule has 1 aromatic rings. The maximum Gasteiger partial charge on any atom is 0.289 e. The fraction of sp³-hybridized carbons (Fsp3) is 0.600. The van der Waals surface area contributed by atoms with Gasteiger partial charge in [-0.25, -0.2) is 4.98 Å². The third kappa shape index (κ3) is 3.28. The van der Waals surface area contributed by atoms with Crippen LogP contribution >= 0.6 is 23.1 Å². The second kappa shape index (κ2) is 6.60. The largest absolute Gasteiger partial charge is 0.346 e. The third-order valence-corrected chi connectivity index (χ3v) is 6.18. The molecule has 1 saturated heterocycles. The van der Waals surface area contributed by atoms with Crippen molar-refractivity contribution in [3.8, 4) is 0 Å². The minimum absolute atomic E-state index is 0.143. The smallest absolute Gasteiger partial charge is 0.289 e. The van der Waals surface area contributed by atoms with Gasteiger partial charge in [0.25, 0.3) is 11.1 Å². The Hall–Kier alpha value is -1.41. The van der Waals surface area contributed by atoms with Gasteiger partial charge in [-0.2, -0.15) is 0 Å². The molecule has 1 aromatic heterocycles. The molecule has 1 aliphatic carbocycles. The molecule has 2 heterocycles. The molecule has 0 radical (unpaired) electrons. The molecule has 3 rings (SSSR count). The van der Waals surface area contributed by atoms with Gasteiger partial charge >= 0.3 is 0 Å². The van der Waals surface area contributed by atoms with Crippen molar-refractivity contribution in [2.45, 2.75) is 51.6 Å². The molecule has 2 unspecified atom stereocenters. The molecule has 1 N–H and O–H groups in total. The SMILES string of the molecule is Cc1nc(C)c(C(=O)NC2CCCCC2N2C(=O)CSC2=O)s1. The van der Waals surface area contributed by atoms with E-state index in [9.17, 15) is 14.4 Å². The molecular weight excluding hydrogens is 334 g/mol. The van der Waals surface area contributed by atoms with Gasteiger partial charge in [0, 0.05) is 0 Å². The van der Waals surface area contributed by atoms with Crippen molar-refractivity contribution in [2.75, 3.05) is 5.75 Å². The number of amides is 3. The standard InChI is InChI=1S/C15H19N3O3S2/c1-8-13(23-9(2)16-8)14(20)17-10-5-3-4-6-11(10)18-12(19)7-22-15(18)21/h10-11H,3-7H2,1-2H3,(H,17,20). The van der Waals surface area contributed by atoms with Gasteiger partial charge in [0.2, 0.25) is 5.91 Å². The van der Waals surface area contributed by atoms with E-state index in [2.05, 4.69) is 10.3 Å². The molecule has 124 valence electrons. The number of carbonyl (C=O) groups excluding carboxylic acids is 3. The van der Waals surface area contributed by atoms with E-state index in [4.69, 9.17) is 0 Å². The van der Waals surface area contributed by atoms with E-state index in [0.29, 0.717) is 4.88 Å². The zero-order chi connectivity index (χ0) is 16.6. The molecule has 8 heteroatoms. The van der Waals surface area contributed by atoms with Crippen LogP contribution in [0, 0.1) is 13.8 Å². The van der Waals surface area contributed by atoms with Gasteiger partial charge in [-0.05, 0) is 26.7 Å². The molecule has 0 aromatic carbocycles. The lowest BCUT2D eigenvalue weighted by atomic mass is 9.89. The molecule has 2 atom stereocenters. The van der Waals surface area contributed by atoms with Crippen LogP contribution in [0.5, 0.6) is 0 Å². The summed E-state index contributed by atoms with van der Waals surface area (Å²) in [6.07, 6.45) is 3.50. The Balaban J connectivity index is 1.76. The molecule has 0 spiro atoms. The second-order valence-electron chi connectivity index (χ2n) is 5.90. The number of imide groups is 1. The fourth-order valence-corrected chi connectivity index (χ4v) is 4.83. The summed E-state index contributed by atoms with van der Waals surface area (Å²) in [5.74, 6) is -0.0870. The van der Waals surface area contributed by atoms with Gasteiger partial charge < -0.3 is 5.32 Å². The van der Waals surface area contributed by atoms with Crippen molar-refractivity contribution >= 4 is 40.2 Å². The summed E-state index contributed by atoms with van der Waals surface area (Å²) < 4.78 is 0. The van der Waals surface area contributed by atoms with Crippen LogP contribution in [0.3, 0.4) is 0 Å². The Morgan fingerprint density at radius 2 is 2.00 bits per heavy atom. The molecule has 23 heavy (non-hydrogen) atoms. The summed E-state index contributed by atoms with van der Waals surface area (Å²) in [6.45, 7) is 3.69. The highest BCUT2D eigenvalue weighted by Crippen LogP contribution is 2.30. The van der Waals surface area contributed by atoms with Crippen LogP contribution < -0.4 is 5.32 Å². The van der Waals surface area contributed by atoms with Gasteiger partial charge in [-0.15, -0.1) is 11.3 Å². The van der Waals surface area contributed by atoms with Crippen molar-refractivity contribution < 1.29 is 14.4 Å². The quantitative estimate of drug-likeness (QED) is 0.903. The molecule has 2 fully saturated rings.